The van der Waals surface area contributed by atoms with Gasteiger partial charge in [-0.15, -0.1) is 0 Å². The first-order valence-corrected chi connectivity index (χ1v) is 13.2. The van der Waals surface area contributed by atoms with Crippen LogP contribution in [-0.2, 0) is 33.3 Å². The molecule has 33 heavy (non-hydrogen) atoms. The monoisotopic (exact) mass is 489 g/mol. The van der Waals surface area contributed by atoms with Crippen LogP contribution in [0.25, 0.3) is 0 Å². The van der Waals surface area contributed by atoms with Crippen LogP contribution >= 0.6 is 11.8 Å². The van der Waals surface area contributed by atoms with E-state index in [4.69, 9.17) is 18.9 Å². The van der Waals surface area contributed by atoms with E-state index in [0.29, 0.717) is 38.9 Å². The van der Waals surface area contributed by atoms with Crippen LogP contribution in [0.3, 0.4) is 0 Å². The third-order valence-electron chi connectivity index (χ3n) is 5.66. The van der Waals surface area contributed by atoms with Crippen molar-refractivity contribution in [2.24, 2.45) is 11.3 Å². The zero-order valence-corrected chi connectivity index (χ0v) is 22.0. The van der Waals surface area contributed by atoms with Crippen molar-refractivity contribution in [1.29, 1.82) is 0 Å². The SMILES string of the molecule is CCOC(=O)[C@H](CCSC)NC(=O)C1(C[C@H](COCCOC)C(=O)OC(C)(C)C)CCCC1. The van der Waals surface area contributed by atoms with Gasteiger partial charge >= 0.3 is 11.9 Å². The highest BCUT2D eigenvalue weighted by Crippen LogP contribution is 2.44. The first kappa shape index (κ1) is 29.7. The summed E-state index contributed by atoms with van der Waals surface area (Å²) in [5, 5.41) is 2.95. The lowest BCUT2D eigenvalue weighted by molar-refractivity contribution is -0.164. The maximum Gasteiger partial charge on any atom is 0.328 e. The summed E-state index contributed by atoms with van der Waals surface area (Å²) in [4.78, 5) is 39.0. The number of hydrogen-bond acceptors (Lipinski definition) is 8. The van der Waals surface area contributed by atoms with E-state index < -0.39 is 28.9 Å². The fourth-order valence-corrected chi connectivity index (χ4v) is 4.52. The minimum absolute atomic E-state index is 0.154. The lowest BCUT2D eigenvalue weighted by atomic mass is 9.76. The Kier molecular flexibility index (Phi) is 13.4. The molecule has 1 aliphatic rings. The van der Waals surface area contributed by atoms with E-state index in [-0.39, 0.29) is 25.1 Å². The minimum Gasteiger partial charge on any atom is -0.464 e. The van der Waals surface area contributed by atoms with Crippen LogP contribution in [0, 0.1) is 11.3 Å². The van der Waals surface area contributed by atoms with Gasteiger partial charge in [-0.3, -0.25) is 9.59 Å². The normalized spacial score (nSPS) is 17.3. The van der Waals surface area contributed by atoms with Crippen molar-refractivity contribution in [2.45, 2.75) is 77.9 Å². The van der Waals surface area contributed by atoms with Gasteiger partial charge in [0, 0.05) is 7.11 Å². The van der Waals surface area contributed by atoms with Crippen LogP contribution in [0.1, 0.15) is 66.2 Å². The van der Waals surface area contributed by atoms with Gasteiger partial charge in [0.15, 0.2) is 0 Å². The van der Waals surface area contributed by atoms with Crippen LogP contribution in [-0.4, -0.2) is 75.0 Å². The average molecular weight is 490 g/mol. The molecule has 1 rings (SSSR count). The summed E-state index contributed by atoms with van der Waals surface area (Å²) in [6, 6.07) is -0.694. The summed E-state index contributed by atoms with van der Waals surface area (Å²) in [6.45, 7) is 8.40. The van der Waals surface area contributed by atoms with Crippen molar-refractivity contribution in [3.8, 4) is 0 Å². The number of amides is 1. The predicted octanol–water partition coefficient (Wildman–Crippen LogP) is 3.36. The lowest BCUT2D eigenvalue weighted by Crippen LogP contribution is -2.50. The Morgan fingerprint density at radius 1 is 1.09 bits per heavy atom. The topological polar surface area (TPSA) is 100 Å². The number of ether oxygens (including phenoxy) is 4. The summed E-state index contributed by atoms with van der Waals surface area (Å²) in [6.07, 6.45) is 5.89. The van der Waals surface area contributed by atoms with Crippen molar-refractivity contribution in [1.82, 2.24) is 5.32 Å². The van der Waals surface area contributed by atoms with Crippen LogP contribution in [0.2, 0.25) is 0 Å². The Bertz CT molecular complexity index is 614. The molecule has 0 saturated heterocycles. The van der Waals surface area contributed by atoms with Crippen LogP contribution in [0.5, 0.6) is 0 Å². The van der Waals surface area contributed by atoms with Gasteiger partial charge in [-0.1, -0.05) is 12.8 Å². The van der Waals surface area contributed by atoms with Crippen LogP contribution in [0.4, 0.5) is 0 Å². The smallest absolute Gasteiger partial charge is 0.328 e. The molecule has 0 unspecified atom stereocenters. The largest absolute Gasteiger partial charge is 0.464 e. The summed E-state index contributed by atoms with van der Waals surface area (Å²) < 4.78 is 21.5. The second-order valence-corrected chi connectivity index (χ2v) is 10.5. The van der Waals surface area contributed by atoms with Gasteiger partial charge in [0.1, 0.15) is 11.6 Å². The quantitative estimate of drug-likeness (QED) is 0.276. The average Bonchev–Trinajstić information content (AvgIpc) is 3.22. The number of esters is 2. The molecule has 1 N–H and O–H groups in total. The Morgan fingerprint density at radius 2 is 1.76 bits per heavy atom. The summed E-state index contributed by atoms with van der Waals surface area (Å²) >= 11 is 1.61. The van der Waals surface area contributed by atoms with E-state index in [0.717, 1.165) is 18.6 Å². The van der Waals surface area contributed by atoms with E-state index in [1.807, 2.05) is 27.0 Å². The molecule has 0 spiro atoms. The number of carbonyl (C=O) groups is 3. The standard InChI is InChI=1S/C24H43NO7S/c1-7-31-21(27)19(10-15-33-6)25-22(28)24(11-8-9-12-24)16-18(17-30-14-13-29-5)20(26)32-23(2,3)4/h18-19H,7-17H2,1-6H3,(H,25,28)/t18-,19+/m1/s1. The second-order valence-electron chi connectivity index (χ2n) is 9.55. The van der Waals surface area contributed by atoms with Gasteiger partial charge in [0.05, 0.1) is 37.8 Å². The van der Waals surface area contributed by atoms with E-state index in [1.165, 1.54) is 0 Å². The third kappa shape index (κ3) is 10.6. The molecule has 0 radical (unpaired) electrons. The van der Waals surface area contributed by atoms with E-state index in [9.17, 15) is 14.4 Å². The number of thioether (sulfide) groups is 1. The van der Waals surface area contributed by atoms with Gasteiger partial charge in [-0.05, 0) is 65.4 Å². The fraction of sp³-hybridized carbons (Fsp3) is 0.875. The molecule has 0 heterocycles. The first-order chi connectivity index (χ1) is 15.6. The molecule has 2 atom stereocenters. The van der Waals surface area contributed by atoms with Crippen molar-refractivity contribution < 1.29 is 33.3 Å². The fourth-order valence-electron chi connectivity index (χ4n) is 4.05. The summed E-state index contributed by atoms with van der Waals surface area (Å²) in [7, 11) is 1.59. The maximum absolute atomic E-state index is 13.5. The molecular formula is C24H43NO7S. The second kappa shape index (κ2) is 14.8. The van der Waals surface area contributed by atoms with Crippen molar-refractivity contribution >= 4 is 29.6 Å². The molecule has 8 nitrogen and oxygen atoms in total. The number of hydrogen-bond donors (Lipinski definition) is 1. The van der Waals surface area contributed by atoms with Crippen LogP contribution < -0.4 is 5.32 Å². The number of rotatable bonds is 15. The highest BCUT2D eigenvalue weighted by Gasteiger charge is 2.46. The highest BCUT2D eigenvalue weighted by atomic mass is 32.2. The summed E-state index contributed by atoms with van der Waals surface area (Å²) in [5.41, 5.74) is -1.38. The molecule has 0 aromatic carbocycles. The van der Waals surface area contributed by atoms with Gasteiger partial charge < -0.3 is 24.3 Å². The zero-order chi connectivity index (χ0) is 24.9. The Morgan fingerprint density at radius 3 is 2.30 bits per heavy atom. The number of nitrogens with one attached hydrogen (secondary N) is 1. The van der Waals surface area contributed by atoms with Crippen LogP contribution in [0.15, 0.2) is 0 Å². The van der Waals surface area contributed by atoms with E-state index in [1.54, 1.807) is 25.8 Å². The van der Waals surface area contributed by atoms with Crippen molar-refractivity contribution in [3.63, 3.8) is 0 Å². The number of methoxy groups -OCH3 is 1. The zero-order valence-electron chi connectivity index (χ0n) is 21.2. The molecule has 1 saturated carbocycles. The first-order valence-electron chi connectivity index (χ1n) is 11.8. The molecule has 1 amide bonds. The molecule has 1 fully saturated rings. The molecule has 0 aromatic rings. The van der Waals surface area contributed by atoms with Crippen molar-refractivity contribution in [2.75, 3.05) is 45.5 Å². The Labute approximate surface area is 203 Å². The molecule has 0 aliphatic heterocycles. The Hall–Kier alpha value is -1.32. The third-order valence-corrected chi connectivity index (χ3v) is 6.30. The highest BCUT2D eigenvalue weighted by molar-refractivity contribution is 7.98. The molecule has 1 aliphatic carbocycles. The molecule has 0 bridgehead atoms. The van der Waals surface area contributed by atoms with Gasteiger partial charge in [-0.25, -0.2) is 4.79 Å². The van der Waals surface area contributed by atoms with E-state index in [2.05, 4.69) is 5.32 Å². The maximum atomic E-state index is 13.5. The van der Waals surface area contributed by atoms with Crippen molar-refractivity contribution in [3.05, 3.63) is 0 Å². The van der Waals surface area contributed by atoms with Gasteiger partial charge in [0.25, 0.3) is 0 Å². The Balaban J connectivity index is 3.03. The minimum atomic E-state index is -0.740. The molecule has 9 heteroatoms. The molecule has 192 valence electrons. The molecular weight excluding hydrogens is 446 g/mol. The van der Waals surface area contributed by atoms with E-state index >= 15 is 0 Å². The predicted molar refractivity (Wildman–Crippen MR) is 129 cm³/mol. The van der Waals surface area contributed by atoms with Gasteiger partial charge in [0.2, 0.25) is 5.91 Å². The lowest BCUT2D eigenvalue weighted by Gasteiger charge is -2.33. The number of carbonyl (C=O) groups excluding carboxylic acids is 3. The van der Waals surface area contributed by atoms with Gasteiger partial charge in [-0.2, -0.15) is 11.8 Å². The molecule has 0 aromatic heterocycles. The summed E-state index contributed by atoms with van der Waals surface area (Å²) in [5.74, 6) is -0.838.